The minimum Gasteiger partial charge on any atom is -0.399 e. The molecule has 0 bridgehead atoms. The molecular formula is C9H9Br2NO. The molecule has 1 atom stereocenters. The van der Waals surface area contributed by atoms with Gasteiger partial charge in [0.25, 0.3) is 0 Å². The number of hydrogen-bond acceptors (Lipinski definition) is 2. The molecule has 2 N–H and O–H groups in total. The lowest BCUT2D eigenvalue weighted by molar-refractivity contribution is -0.116. The van der Waals surface area contributed by atoms with Crippen molar-refractivity contribution in [2.24, 2.45) is 0 Å². The molecule has 1 aromatic rings. The zero-order valence-corrected chi connectivity index (χ0v) is 10.2. The van der Waals surface area contributed by atoms with Crippen molar-refractivity contribution in [3.63, 3.8) is 0 Å². The molecule has 2 nitrogen and oxygen atoms in total. The summed E-state index contributed by atoms with van der Waals surface area (Å²) >= 11 is 6.66. The maximum atomic E-state index is 11.1. The van der Waals surface area contributed by atoms with Crippen LogP contribution < -0.4 is 5.73 Å². The molecular weight excluding hydrogens is 298 g/mol. The predicted molar refractivity (Wildman–Crippen MR) is 60.9 cm³/mol. The summed E-state index contributed by atoms with van der Waals surface area (Å²) in [7, 11) is 0. The Balaban J connectivity index is 3.12. The molecule has 0 radical (unpaired) electrons. The van der Waals surface area contributed by atoms with Gasteiger partial charge in [0, 0.05) is 10.2 Å². The van der Waals surface area contributed by atoms with Crippen LogP contribution in [0.3, 0.4) is 0 Å². The number of nitrogen functional groups attached to an aromatic ring is 1. The molecule has 0 saturated heterocycles. The van der Waals surface area contributed by atoms with Gasteiger partial charge >= 0.3 is 0 Å². The van der Waals surface area contributed by atoms with Crippen LogP contribution in [0.25, 0.3) is 0 Å². The molecule has 0 aliphatic carbocycles. The predicted octanol–water partition coefficient (Wildman–Crippen LogP) is 3.06. The van der Waals surface area contributed by atoms with Gasteiger partial charge in [0.1, 0.15) is 5.78 Å². The summed E-state index contributed by atoms with van der Waals surface area (Å²) in [6.45, 7) is 1.54. The number of ketones is 1. The first-order chi connectivity index (χ1) is 6.02. The first-order valence-electron chi connectivity index (χ1n) is 3.72. The van der Waals surface area contributed by atoms with Crippen molar-refractivity contribution in [1.29, 1.82) is 0 Å². The van der Waals surface area contributed by atoms with E-state index in [1.54, 1.807) is 12.1 Å². The summed E-state index contributed by atoms with van der Waals surface area (Å²) in [4.78, 5) is 10.8. The number of carbonyl (C=O) groups excluding carboxylic acids is 1. The summed E-state index contributed by atoms with van der Waals surface area (Å²) in [5, 5.41) is 0. The van der Waals surface area contributed by atoms with Gasteiger partial charge < -0.3 is 5.73 Å². The van der Waals surface area contributed by atoms with Crippen molar-refractivity contribution in [1.82, 2.24) is 0 Å². The van der Waals surface area contributed by atoms with Crippen molar-refractivity contribution in [2.75, 3.05) is 5.73 Å². The van der Waals surface area contributed by atoms with Crippen LogP contribution in [0, 0.1) is 0 Å². The van der Waals surface area contributed by atoms with Crippen molar-refractivity contribution in [3.05, 3.63) is 28.2 Å². The van der Waals surface area contributed by atoms with Crippen molar-refractivity contribution in [3.8, 4) is 0 Å². The zero-order chi connectivity index (χ0) is 10.0. The fraction of sp³-hybridized carbons (Fsp3) is 0.222. The van der Waals surface area contributed by atoms with Crippen molar-refractivity contribution >= 4 is 43.3 Å². The monoisotopic (exact) mass is 305 g/mol. The van der Waals surface area contributed by atoms with Crippen LogP contribution >= 0.6 is 31.9 Å². The topological polar surface area (TPSA) is 43.1 Å². The molecule has 13 heavy (non-hydrogen) atoms. The molecule has 0 aliphatic rings. The maximum Gasteiger partial charge on any atom is 0.147 e. The fourth-order valence-corrected chi connectivity index (χ4v) is 2.14. The molecule has 0 saturated carbocycles. The quantitative estimate of drug-likeness (QED) is 0.674. The van der Waals surface area contributed by atoms with Gasteiger partial charge in [-0.2, -0.15) is 0 Å². The molecule has 1 unspecified atom stereocenters. The normalized spacial score (nSPS) is 12.5. The maximum absolute atomic E-state index is 11.1. The highest BCUT2D eigenvalue weighted by molar-refractivity contribution is 9.11. The average Bonchev–Trinajstić information content (AvgIpc) is 2.08. The van der Waals surface area contributed by atoms with Gasteiger partial charge in [0.2, 0.25) is 0 Å². The summed E-state index contributed by atoms with van der Waals surface area (Å²) in [6.07, 6.45) is 0. The van der Waals surface area contributed by atoms with E-state index in [9.17, 15) is 4.79 Å². The first-order valence-corrected chi connectivity index (χ1v) is 5.42. The van der Waals surface area contributed by atoms with Crippen molar-refractivity contribution in [2.45, 2.75) is 11.8 Å². The SMILES string of the molecule is CC(=O)C(Br)c1cc(N)ccc1Br. The van der Waals surface area contributed by atoms with E-state index in [0.717, 1.165) is 10.0 Å². The molecule has 0 aliphatic heterocycles. The van der Waals surface area contributed by atoms with Gasteiger partial charge in [0.15, 0.2) is 0 Å². The van der Waals surface area contributed by atoms with Crippen LogP contribution in [-0.2, 0) is 4.79 Å². The lowest BCUT2D eigenvalue weighted by Crippen LogP contribution is -2.02. The van der Waals surface area contributed by atoms with Gasteiger partial charge in [-0.05, 0) is 30.7 Å². The number of benzene rings is 1. The number of nitrogens with two attached hydrogens (primary N) is 1. The van der Waals surface area contributed by atoms with E-state index in [4.69, 9.17) is 5.73 Å². The van der Waals surface area contributed by atoms with Gasteiger partial charge in [-0.1, -0.05) is 31.9 Å². The number of carbonyl (C=O) groups is 1. The van der Waals surface area contributed by atoms with Gasteiger partial charge in [0.05, 0.1) is 4.83 Å². The van der Waals surface area contributed by atoms with E-state index in [1.165, 1.54) is 6.92 Å². The Morgan fingerprint density at radius 1 is 1.54 bits per heavy atom. The Bertz CT molecular complexity index is 338. The van der Waals surface area contributed by atoms with E-state index < -0.39 is 0 Å². The molecule has 0 aromatic heterocycles. The number of rotatable bonds is 2. The van der Waals surface area contributed by atoms with E-state index in [-0.39, 0.29) is 10.6 Å². The Kier molecular flexibility index (Phi) is 3.50. The van der Waals surface area contributed by atoms with Gasteiger partial charge in [-0.3, -0.25) is 4.79 Å². The van der Waals surface area contributed by atoms with Crippen LogP contribution in [-0.4, -0.2) is 5.78 Å². The highest BCUT2D eigenvalue weighted by Gasteiger charge is 2.15. The van der Waals surface area contributed by atoms with Crippen LogP contribution in [0.4, 0.5) is 5.69 Å². The number of Topliss-reactive ketones (excluding diaryl/α,β-unsaturated/α-hetero) is 1. The first kappa shape index (κ1) is 10.7. The molecule has 0 amide bonds. The van der Waals surface area contributed by atoms with Gasteiger partial charge in [-0.15, -0.1) is 0 Å². The molecule has 0 fully saturated rings. The summed E-state index contributed by atoms with van der Waals surface area (Å²) < 4.78 is 0.888. The number of anilines is 1. The van der Waals surface area contributed by atoms with E-state index in [1.807, 2.05) is 6.07 Å². The van der Waals surface area contributed by atoms with E-state index >= 15 is 0 Å². The second kappa shape index (κ2) is 4.24. The zero-order valence-electron chi connectivity index (χ0n) is 7.05. The highest BCUT2D eigenvalue weighted by Crippen LogP contribution is 2.31. The number of hydrogen-bond donors (Lipinski definition) is 1. The van der Waals surface area contributed by atoms with Crippen molar-refractivity contribution < 1.29 is 4.79 Å². The Hall–Kier alpha value is -0.350. The third-order valence-electron chi connectivity index (χ3n) is 1.65. The summed E-state index contributed by atoms with van der Waals surface area (Å²) in [5.41, 5.74) is 7.14. The molecule has 1 aromatic carbocycles. The number of halogens is 2. The Labute approximate surface area is 93.8 Å². The fourth-order valence-electron chi connectivity index (χ4n) is 0.975. The summed E-state index contributed by atoms with van der Waals surface area (Å²) in [5.74, 6) is 0.0614. The van der Waals surface area contributed by atoms with Crippen LogP contribution in [0.2, 0.25) is 0 Å². The standard InChI is InChI=1S/C9H9Br2NO/c1-5(13)9(11)7-4-6(12)2-3-8(7)10/h2-4,9H,12H2,1H3. The van der Waals surface area contributed by atoms with E-state index in [0.29, 0.717) is 5.69 Å². The Morgan fingerprint density at radius 3 is 2.69 bits per heavy atom. The molecule has 0 spiro atoms. The second-order valence-corrected chi connectivity index (χ2v) is 4.52. The lowest BCUT2D eigenvalue weighted by atomic mass is 10.1. The third kappa shape index (κ3) is 2.54. The average molecular weight is 307 g/mol. The smallest absolute Gasteiger partial charge is 0.147 e. The minimum atomic E-state index is -0.287. The number of alkyl halides is 1. The lowest BCUT2D eigenvalue weighted by Gasteiger charge is -2.09. The second-order valence-electron chi connectivity index (χ2n) is 2.75. The van der Waals surface area contributed by atoms with Crippen LogP contribution in [0.1, 0.15) is 17.3 Å². The highest BCUT2D eigenvalue weighted by atomic mass is 79.9. The Morgan fingerprint density at radius 2 is 2.15 bits per heavy atom. The van der Waals surface area contributed by atoms with Crippen LogP contribution in [0.5, 0.6) is 0 Å². The van der Waals surface area contributed by atoms with Gasteiger partial charge in [-0.25, -0.2) is 0 Å². The molecule has 70 valence electrons. The molecule has 1 rings (SSSR count). The minimum absolute atomic E-state index is 0.0614. The third-order valence-corrected chi connectivity index (χ3v) is 3.51. The largest absolute Gasteiger partial charge is 0.399 e. The van der Waals surface area contributed by atoms with E-state index in [2.05, 4.69) is 31.9 Å². The summed E-state index contributed by atoms with van der Waals surface area (Å²) in [6, 6.07) is 5.40. The molecule has 4 heteroatoms. The van der Waals surface area contributed by atoms with Crippen LogP contribution in [0.15, 0.2) is 22.7 Å². The molecule has 0 heterocycles.